The van der Waals surface area contributed by atoms with Crippen LogP contribution in [0.4, 0.5) is 0 Å². The first kappa shape index (κ1) is 19.1. The standard InChI is InChI=1S/C19H21BrN2O3S/c20-18-10-3-2-9-17(18)19(23)21-14-15-7-6-8-16(13-15)26(24,25)22-11-4-1-5-12-22/h2-3,6-10,13H,1,4-5,11-12,14H2,(H,21,23). The predicted molar refractivity (Wildman–Crippen MR) is 104 cm³/mol. The summed E-state index contributed by atoms with van der Waals surface area (Å²) in [7, 11) is -3.47. The molecule has 0 radical (unpaired) electrons. The van der Waals surface area contributed by atoms with Gasteiger partial charge in [-0.25, -0.2) is 8.42 Å². The monoisotopic (exact) mass is 436 g/mol. The maximum atomic E-state index is 12.8. The van der Waals surface area contributed by atoms with Crippen LogP contribution >= 0.6 is 15.9 Å². The summed E-state index contributed by atoms with van der Waals surface area (Å²) in [6.45, 7) is 1.42. The second-order valence-electron chi connectivity index (χ2n) is 6.27. The number of benzene rings is 2. The van der Waals surface area contributed by atoms with Crippen molar-refractivity contribution >= 4 is 31.9 Å². The highest BCUT2D eigenvalue weighted by atomic mass is 79.9. The third-order valence-electron chi connectivity index (χ3n) is 4.42. The van der Waals surface area contributed by atoms with E-state index in [-0.39, 0.29) is 17.3 Å². The molecule has 2 aromatic rings. The van der Waals surface area contributed by atoms with Crippen molar-refractivity contribution in [3.05, 3.63) is 64.1 Å². The van der Waals surface area contributed by atoms with Gasteiger partial charge in [0.25, 0.3) is 5.91 Å². The van der Waals surface area contributed by atoms with E-state index in [0.29, 0.717) is 18.7 Å². The van der Waals surface area contributed by atoms with Gasteiger partial charge in [-0.3, -0.25) is 4.79 Å². The Bertz CT molecular complexity index is 893. The molecule has 0 aliphatic carbocycles. The lowest BCUT2D eigenvalue weighted by molar-refractivity contribution is 0.0950. The summed E-state index contributed by atoms with van der Waals surface area (Å²) in [5.74, 6) is -0.207. The number of halogens is 1. The highest BCUT2D eigenvalue weighted by molar-refractivity contribution is 9.10. The zero-order chi connectivity index (χ0) is 18.6. The van der Waals surface area contributed by atoms with Crippen LogP contribution in [0, 0.1) is 0 Å². The zero-order valence-electron chi connectivity index (χ0n) is 14.3. The zero-order valence-corrected chi connectivity index (χ0v) is 16.7. The van der Waals surface area contributed by atoms with Crippen LogP contribution in [0.25, 0.3) is 0 Å². The molecule has 1 heterocycles. The van der Waals surface area contributed by atoms with E-state index >= 15 is 0 Å². The molecule has 3 rings (SSSR count). The van der Waals surface area contributed by atoms with E-state index < -0.39 is 10.0 Å². The van der Waals surface area contributed by atoms with E-state index in [0.717, 1.165) is 29.3 Å². The van der Waals surface area contributed by atoms with Gasteiger partial charge >= 0.3 is 0 Å². The lowest BCUT2D eigenvalue weighted by Crippen LogP contribution is -2.35. The summed E-state index contributed by atoms with van der Waals surface area (Å²) < 4.78 is 27.8. The lowest BCUT2D eigenvalue weighted by atomic mass is 10.2. The molecule has 1 fully saturated rings. The highest BCUT2D eigenvalue weighted by Gasteiger charge is 2.25. The predicted octanol–water partition coefficient (Wildman–Crippen LogP) is 3.55. The van der Waals surface area contributed by atoms with E-state index in [4.69, 9.17) is 0 Å². The Morgan fingerprint density at radius 1 is 1.04 bits per heavy atom. The quantitative estimate of drug-likeness (QED) is 0.778. The normalized spacial score (nSPS) is 15.6. The highest BCUT2D eigenvalue weighted by Crippen LogP contribution is 2.21. The largest absolute Gasteiger partial charge is 0.348 e. The Labute approximate surface area is 162 Å². The summed E-state index contributed by atoms with van der Waals surface area (Å²) in [5.41, 5.74) is 1.30. The van der Waals surface area contributed by atoms with Crippen LogP contribution in [0.2, 0.25) is 0 Å². The third-order valence-corrected chi connectivity index (χ3v) is 7.01. The molecule has 26 heavy (non-hydrogen) atoms. The second-order valence-corrected chi connectivity index (χ2v) is 9.07. The number of nitrogens with zero attached hydrogens (tertiary/aromatic N) is 1. The van der Waals surface area contributed by atoms with Crippen LogP contribution in [-0.2, 0) is 16.6 Å². The molecule has 138 valence electrons. The average Bonchev–Trinajstić information content (AvgIpc) is 2.67. The molecular weight excluding hydrogens is 416 g/mol. The van der Waals surface area contributed by atoms with Crippen molar-refractivity contribution in [2.75, 3.05) is 13.1 Å². The molecule has 7 heteroatoms. The fourth-order valence-corrected chi connectivity index (χ4v) is 5.05. The van der Waals surface area contributed by atoms with Crippen LogP contribution in [0.3, 0.4) is 0 Å². The Morgan fingerprint density at radius 3 is 2.50 bits per heavy atom. The van der Waals surface area contributed by atoms with Gasteiger partial charge in [-0.15, -0.1) is 0 Å². The van der Waals surface area contributed by atoms with Crippen molar-refractivity contribution < 1.29 is 13.2 Å². The van der Waals surface area contributed by atoms with Crippen LogP contribution in [0.15, 0.2) is 57.9 Å². The minimum Gasteiger partial charge on any atom is -0.348 e. The van der Waals surface area contributed by atoms with Crippen LogP contribution < -0.4 is 5.32 Å². The molecule has 0 bridgehead atoms. The minimum atomic E-state index is -3.47. The van der Waals surface area contributed by atoms with Gasteiger partial charge in [0.1, 0.15) is 0 Å². The minimum absolute atomic E-state index is 0.207. The number of carbonyl (C=O) groups is 1. The number of amides is 1. The topological polar surface area (TPSA) is 66.5 Å². The maximum absolute atomic E-state index is 12.8. The second kappa shape index (κ2) is 8.33. The van der Waals surface area contributed by atoms with Gasteiger partial charge in [-0.2, -0.15) is 4.31 Å². The molecule has 0 spiro atoms. The summed E-state index contributed by atoms with van der Waals surface area (Å²) in [4.78, 5) is 12.6. The number of nitrogens with one attached hydrogen (secondary N) is 1. The van der Waals surface area contributed by atoms with Crippen molar-refractivity contribution in [1.29, 1.82) is 0 Å². The summed E-state index contributed by atoms with van der Waals surface area (Å²) in [5, 5.41) is 2.84. The summed E-state index contributed by atoms with van der Waals surface area (Å²) >= 11 is 3.36. The molecule has 1 N–H and O–H groups in total. The Balaban J connectivity index is 1.71. The SMILES string of the molecule is O=C(NCc1cccc(S(=O)(=O)N2CCCCC2)c1)c1ccccc1Br. The van der Waals surface area contributed by atoms with E-state index in [1.54, 1.807) is 40.7 Å². The van der Waals surface area contributed by atoms with Crippen molar-refractivity contribution in [3.63, 3.8) is 0 Å². The molecule has 1 aliphatic heterocycles. The van der Waals surface area contributed by atoms with Crippen molar-refractivity contribution in [1.82, 2.24) is 9.62 Å². The number of piperidine rings is 1. The Kier molecular flexibility index (Phi) is 6.11. The van der Waals surface area contributed by atoms with E-state index in [9.17, 15) is 13.2 Å². The number of hydrogen-bond donors (Lipinski definition) is 1. The molecule has 0 unspecified atom stereocenters. The molecule has 1 amide bonds. The van der Waals surface area contributed by atoms with Gasteiger partial charge in [0, 0.05) is 24.1 Å². The van der Waals surface area contributed by atoms with Crippen molar-refractivity contribution in [3.8, 4) is 0 Å². The fraction of sp³-hybridized carbons (Fsp3) is 0.316. The number of carbonyl (C=O) groups excluding carboxylic acids is 1. The first-order valence-corrected chi connectivity index (χ1v) is 10.8. The fourth-order valence-electron chi connectivity index (χ4n) is 2.99. The summed E-state index contributed by atoms with van der Waals surface area (Å²) in [6.07, 6.45) is 2.88. The molecule has 5 nitrogen and oxygen atoms in total. The molecule has 1 aliphatic rings. The number of sulfonamides is 1. The van der Waals surface area contributed by atoms with Crippen molar-refractivity contribution in [2.45, 2.75) is 30.7 Å². The van der Waals surface area contributed by atoms with Gasteiger partial charge in [-0.1, -0.05) is 30.7 Å². The first-order valence-electron chi connectivity index (χ1n) is 8.60. The molecule has 1 saturated heterocycles. The molecule has 0 saturated carbocycles. The molecule has 0 atom stereocenters. The number of hydrogen-bond acceptors (Lipinski definition) is 3. The van der Waals surface area contributed by atoms with E-state index in [2.05, 4.69) is 21.2 Å². The van der Waals surface area contributed by atoms with Crippen LogP contribution in [0.5, 0.6) is 0 Å². The molecule has 2 aromatic carbocycles. The maximum Gasteiger partial charge on any atom is 0.252 e. The summed E-state index contributed by atoms with van der Waals surface area (Å²) in [6, 6.07) is 14.0. The Morgan fingerprint density at radius 2 is 1.77 bits per heavy atom. The van der Waals surface area contributed by atoms with Crippen LogP contribution in [0.1, 0.15) is 35.2 Å². The van der Waals surface area contributed by atoms with Gasteiger partial charge in [0.05, 0.1) is 10.5 Å². The average molecular weight is 437 g/mol. The smallest absolute Gasteiger partial charge is 0.252 e. The Hall–Kier alpha value is -1.70. The van der Waals surface area contributed by atoms with Gasteiger partial charge in [0.2, 0.25) is 10.0 Å². The molecule has 0 aromatic heterocycles. The van der Waals surface area contributed by atoms with E-state index in [1.165, 1.54) is 0 Å². The van der Waals surface area contributed by atoms with E-state index in [1.807, 2.05) is 12.1 Å². The third kappa shape index (κ3) is 4.34. The van der Waals surface area contributed by atoms with Crippen molar-refractivity contribution in [2.24, 2.45) is 0 Å². The molecular formula is C19H21BrN2O3S. The van der Waals surface area contributed by atoms with Gasteiger partial charge < -0.3 is 5.32 Å². The lowest BCUT2D eigenvalue weighted by Gasteiger charge is -2.26. The number of rotatable bonds is 5. The van der Waals surface area contributed by atoms with Gasteiger partial charge in [0.15, 0.2) is 0 Å². The van der Waals surface area contributed by atoms with Crippen LogP contribution in [-0.4, -0.2) is 31.7 Å². The van der Waals surface area contributed by atoms with Gasteiger partial charge in [-0.05, 0) is 58.6 Å². The first-order chi connectivity index (χ1) is 12.5.